The average molecular weight is 580 g/mol. The van der Waals surface area contributed by atoms with Gasteiger partial charge in [0.15, 0.2) is 11.5 Å². The van der Waals surface area contributed by atoms with Crippen molar-refractivity contribution in [1.29, 1.82) is 0 Å². The Morgan fingerprint density at radius 2 is 1.68 bits per heavy atom. The van der Waals surface area contributed by atoms with Crippen LogP contribution in [0.5, 0.6) is 17.2 Å². The average Bonchev–Trinajstić information content (AvgIpc) is 3.45. The van der Waals surface area contributed by atoms with E-state index in [0.717, 1.165) is 9.37 Å². The fourth-order valence-corrected chi connectivity index (χ4v) is 5.37. The van der Waals surface area contributed by atoms with Gasteiger partial charge in [-0.25, -0.2) is 10.3 Å². The van der Waals surface area contributed by atoms with E-state index >= 15 is 0 Å². The molecule has 1 N–H and O–H groups in total. The standard InChI is InChI=1S/C28H26BrN3O6/c1-4-38-20-11-9-19(10-12-20)31-27(34)23-24(16-8-13-21(36-2)22(15-16)37-3)30-32(25(23)28(31)35)26(33)17-6-5-7-18(29)14-17/h5-15,23-25,30H,4H2,1-3H3/t23-,24+,25+/m1/s1. The summed E-state index contributed by atoms with van der Waals surface area (Å²) in [4.78, 5) is 42.5. The normalized spacial score (nSPS) is 20.5. The first-order valence-corrected chi connectivity index (χ1v) is 12.8. The predicted octanol–water partition coefficient (Wildman–Crippen LogP) is 4.12. The quantitative estimate of drug-likeness (QED) is 0.420. The number of methoxy groups -OCH3 is 2. The minimum Gasteiger partial charge on any atom is -0.494 e. The second-order valence-corrected chi connectivity index (χ2v) is 9.73. The summed E-state index contributed by atoms with van der Waals surface area (Å²) < 4.78 is 17.0. The first-order chi connectivity index (χ1) is 18.4. The third kappa shape index (κ3) is 4.39. The molecule has 3 amide bonds. The van der Waals surface area contributed by atoms with E-state index in [1.807, 2.05) is 6.92 Å². The van der Waals surface area contributed by atoms with Crippen LogP contribution in [0, 0.1) is 5.92 Å². The molecule has 9 nitrogen and oxygen atoms in total. The molecule has 0 spiro atoms. The topological polar surface area (TPSA) is 97.4 Å². The van der Waals surface area contributed by atoms with Crippen molar-refractivity contribution in [2.24, 2.45) is 5.92 Å². The smallest absolute Gasteiger partial charge is 0.268 e. The van der Waals surface area contributed by atoms with Crippen molar-refractivity contribution in [2.45, 2.75) is 19.0 Å². The van der Waals surface area contributed by atoms with Crippen molar-refractivity contribution in [3.8, 4) is 17.2 Å². The second-order valence-electron chi connectivity index (χ2n) is 8.82. The van der Waals surface area contributed by atoms with E-state index in [-0.39, 0.29) is 0 Å². The highest BCUT2D eigenvalue weighted by Gasteiger charge is 2.60. The largest absolute Gasteiger partial charge is 0.494 e. The minimum absolute atomic E-state index is 0.373. The molecule has 3 aromatic carbocycles. The van der Waals surface area contributed by atoms with Gasteiger partial charge in [-0.05, 0) is 67.1 Å². The fourth-order valence-electron chi connectivity index (χ4n) is 4.97. The summed E-state index contributed by atoms with van der Waals surface area (Å²) in [7, 11) is 3.06. The Morgan fingerprint density at radius 1 is 0.947 bits per heavy atom. The van der Waals surface area contributed by atoms with Crippen LogP contribution in [0.3, 0.4) is 0 Å². The number of hydrogen-bond donors (Lipinski definition) is 1. The van der Waals surface area contributed by atoms with Gasteiger partial charge in [-0.1, -0.05) is 28.1 Å². The minimum atomic E-state index is -1.04. The molecule has 2 aliphatic rings. The number of carbonyl (C=O) groups excluding carboxylic acids is 3. The molecular weight excluding hydrogens is 554 g/mol. The van der Waals surface area contributed by atoms with Crippen LogP contribution in [0.15, 0.2) is 71.2 Å². The number of imide groups is 1. The molecule has 2 heterocycles. The van der Waals surface area contributed by atoms with Crippen LogP contribution in [-0.4, -0.2) is 49.6 Å². The molecule has 0 bridgehead atoms. The van der Waals surface area contributed by atoms with Crippen molar-refractivity contribution in [2.75, 3.05) is 25.7 Å². The van der Waals surface area contributed by atoms with E-state index in [2.05, 4.69) is 21.4 Å². The van der Waals surface area contributed by atoms with Crippen LogP contribution in [0.4, 0.5) is 5.69 Å². The molecule has 196 valence electrons. The zero-order valence-electron chi connectivity index (χ0n) is 21.0. The van der Waals surface area contributed by atoms with Gasteiger partial charge < -0.3 is 14.2 Å². The molecule has 0 aliphatic carbocycles. The highest BCUT2D eigenvalue weighted by Crippen LogP contribution is 2.44. The van der Waals surface area contributed by atoms with Crippen LogP contribution in [0.25, 0.3) is 0 Å². The molecule has 0 radical (unpaired) electrons. The fraction of sp³-hybridized carbons (Fsp3) is 0.250. The molecule has 38 heavy (non-hydrogen) atoms. The Balaban J connectivity index is 1.57. The van der Waals surface area contributed by atoms with Gasteiger partial charge in [0, 0.05) is 10.0 Å². The second kappa shape index (κ2) is 10.5. The number of hydrogen-bond acceptors (Lipinski definition) is 7. The summed E-state index contributed by atoms with van der Waals surface area (Å²) in [5.74, 6) is -0.531. The number of nitrogens with one attached hydrogen (secondary N) is 1. The van der Waals surface area contributed by atoms with Gasteiger partial charge in [-0.3, -0.25) is 19.4 Å². The Labute approximate surface area is 228 Å². The molecule has 3 aromatic rings. The third-order valence-corrected chi connectivity index (χ3v) is 7.19. The lowest BCUT2D eigenvalue weighted by molar-refractivity contribution is -0.123. The van der Waals surface area contributed by atoms with Gasteiger partial charge in [0.2, 0.25) is 5.91 Å². The number of halogens is 1. The maximum Gasteiger partial charge on any atom is 0.268 e. The lowest BCUT2D eigenvalue weighted by atomic mass is 9.90. The molecular formula is C28H26BrN3O6. The van der Waals surface area contributed by atoms with Gasteiger partial charge in [0.25, 0.3) is 11.8 Å². The maximum atomic E-state index is 13.9. The Kier molecular flexibility index (Phi) is 7.09. The molecule has 10 heteroatoms. The SMILES string of the molecule is CCOc1ccc(N2C(=O)[C@H]3[C@@H](C2=O)N(C(=O)c2cccc(Br)c2)N[C@H]3c2ccc(OC)c(OC)c2)cc1. The van der Waals surface area contributed by atoms with E-state index in [1.54, 1.807) is 66.7 Å². The van der Waals surface area contributed by atoms with Crippen molar-refractivity contribution in [3.63, 3.8) is 0 Å². The molecule has 0 saturated carbocycles. The monoisotopic (exact) mass is 579 g/mol. The Morgan fingerprint density at radius 3 is 2.34 bits per heavy atom. The van der Waals surface area contributed by atoms with Crippen molar-refractivity contribution < 1.29 is 28.6 Å². The summed E-state index contributed by atoms with van der Waals surface area (Å²) in [5.41, 5.74) is 4.62. The molecule has 0 aromatic heterocycles. The number of benzene rings is 3. The summed E-state index contributed by atoms with van der Waals surface area (Å²) in [6, 6.07) is 17.2. The zero-order chi connectivity index (χ0) is 27.0. The molecule has 2 saturated heterocycles. The summed E-state index contributed by atoms with van der Waals surface area (Å²) in [5, 5.41) is 1.28. The number of carbonyl (C=O) groups is 3. The van der Waals surface area contributed by atoms with Gasteiger partial charge >= 0.3 is 0 Å². The number of rotatable bonds is 7. The third-order valence-electron chi connectivity index (χ3n) is 6.70. The number of fused-ring (bicyclic) bond motifs is 1. The summed E-state index contributed by atoms with van der Waals surface area (Å²) >= 11 is 3.40. The Bertz CT molecular complexity index is 1400. The van der Waals surface area contributed by atoms with Crippen molar-refractivity contribution in [1.82, 2.24) is 10.4 Å². The number of hydrazine groups is 1. The molecule has 2 aliphatic heterocycles. The molecule has 0 unspecified atom stereocenters. The lowest BCUT2D eigenvalue weighted by Gasteiger charge is -2.25. The number of anilines is 1. The van der Waals surface area contributed by atoms with Crippen LogP contribution >= 0.6 is 15.9 Å². The molecule has 5 rings (SSSR count). The highest BCUT2D eigenvalue weighted by atomic mass is 79.9. The Hall–Kier alpha value is -3.89. The number of ether oxygens (including phenoxy) is 3. The predicted molar refractivity (Wildman–Crippen MR) is 143 cm³/mol. The van der Waals surface area contributed by atoms with E-state index in [1.165, 1.54) is 19.2 Å². The van der Waals surface area contributed by atoms with E-state index in [4.69, 9.17) is 14.2 Å². The molecule has 2 fully saturated rings. The summed E-state index contributed by atoms with van der Waals surface area (Å²) in [6.07, 6.45) is 0. The van der Waals surface area contributed by atoms with Crippen molar-refractivity contribution >= 4 is 39.3 Å². The van der Waals surface area contributed by atoms with Gasteiger partial charge in [0.05, 0.1) is 38.5 Å². The first kappa shape index (κ1) is 25.7. The lowest BCUT2D eigenvalue weighted by Crippen LogP contribution is -2.48. The van der Waals surface area contributed by atoms with E-state index in [0.29, 0.717) is 40.7 Å². The number of amides is 3. The summed E-state index contributed by atoms with van der Waals surface area (Å²) in [6.45, 7) is 2.37. The van der Waals surface area contributed by atoms with Gasteiger partial charge in [0.1, 0.15) is 11.8 Å². The number of nitrogens with zero attached hydrogens (tertiary/aromatic N) is 2. The van der Waals surface area contributed by atoms with Crippen LogP contribution in [0.1, 0.15) is 28.9 Å². The molecule has 3 atom stereocenters. The zero-order valence-corrected chi connectivity index (χ0v) is 22.6. The van der Waals surface area contributed by atoms with Crippen molar-refractivity contribution in [3.05, 3.63) is 82.3 Å². The van der Waals surface area contributed by atoms with E-state index in [9.17, 15) is 14.4 Å². The van der Waals surface area contributed by atoms with Crippen LogP contribution < -0.4 is 24.5 Å². The first-order valence-electron chi connectivity index (χ1n) is 12.1. The maximum absolute atomic E-state index is 13.9. The van der Waals surface area contributed by atoms with Crippen LogP contribution in [0.2, 0.25) is 0 Å². The van der Waals surface area contributed by atoms with Crippen LogP contribution in [-0.2, 0) is 9.59 Å². The van der Waals surface area contributed by atoms with E-state index < -0.39 is 35.7 Å². The van der Waals surface area contributed by atoms with Gasteiger partial charge in [-0.15, -0.1) is 0 Å². The van der Waals surface area contributed by atoms with Gasteiger partial charge in [-0.2, -0.15) is 0 Å². The highest BCUT2D eigenvalue weighted by molar-refractivity contribution is 9.10.